The molecule has 26 heavy (non-hydrogen) atoms. The average molecular weight is 346 g/mol. The summed E-state index contributed by atoms with van der Waals surface area (Å²) in [6.45, 7) is 0. The van der Waals surface area contributed by atoms with Gasteiger partial charge in [0, 0.05) is 16.3 Å². The number of hydrogen-bond donors (Lipinski definition) is 0. The van der Waals surface area contributed by atoms with E-state index in [9.17, 15) is 4.79 Å². The molecule has 2 aromatic heterocycles. The van der Waals surface area contributed by atoms with Gasteiger partial charge in [-0.05, 0) is 24.3 Å². The highest BCUT2D eigenvalue weighted by atomic mass is 16.6. The zero-order valence-corrected chi connectivity index (χ0v) is 14.5. The molecule has 5 heteroatoms. The summed E-state index contributed by atoms with van der Waals surface area (Å²) >= 11 is 0. The molecule has 0 saturated carbocycles. The summed E-state index contributed by atoms with van der Waals surface area (Å²) in [6, 6.07) is 15.6. The summed E-state index contributed by atoms with van der Waals surface area (Å²) in [5, 5.41) is 1.89. The summed E-state index contributed by atoms with van der Waals surface area (Å²) in [5.74, 6) is -0.0775. The Morgan fingerprint density at radius 1 is 0.846 bits per heavy atom. The number of fused-ring (bicyclic) bond motifs is 2. The molecule has 0 radical (unpaired) electrons. The maximum absolute atomic E-state index is 12.8. The number of carbonyl (C=O) groups excluding carboxylic acids is 1. The van der Waals surface area contributed by atoms with E-state index in [1.54, 1.807) is 36.0 Å². The third kappa shape index (κ3) is 2.54. The molecule has 0 fully saturated rings. The molecule has 0 aliphatic heterocycles. The number of ketones is 1. The minimum absolute atomic E-state index is 0.0775. The van der Waals surface area contributed by atoms with Crippen molar-refractivity contribution >= 4 is 33.7 Å². The van der Waals surface area contributed by atoms with Crippen molar-refractivity contribution in [3.63, 3.8) is 0 Å². The molecule has 0 spiro atoms. The van der Waals surface area contributed by atoms with Crippen LogP contribution in [0, 0.1) is 0 Å². The highest BCUT2D eigenvalue weighted by Gasteiger charge is 2.13. The second kappa shape index (κ2) is 6.44. The lowest BCUT2D eigenvalue weighted by atomic mass is 10.1. The second-order valence-corrected chi connectivity index (χ2v) is 5.88. The number of allylic oxidation sites excluding steroid dienone is 1. The van der Waals surface area contributed by atoms with Crippen LogP contribution in [-0.2, 0) is 0 Å². The lowest BCUT2D eigenvalue weighted by Gasteiger charge is -1.99. The van der Waals surface area contributed by atoms with E-state index in [0.29, 0.717) is 5.56 Å². The quantitative estimate of drug-likeness (QED) is 0.410. The van der Waals surface area contributed by atoms with E-state index >= 15 is 0 Å². The molecular formula is C21H18N2O3. The van der Waals surface area contributed by atoms with E-state index in [0.717, 1.165) is 27.4 Å². The van der Waals surface area contributed by atoms with Crippen LogP contribution in [-0.4, -0.2) is 29.5 Å². The Kier molecular flexibility index (Phi) is 3.97. The van der Waals surface area contributed by atoms with Gasteiger partial charge in [-0.25, -0.2) is 0 Å². The number of para-hydroxylation sites is 2. The van der Waals surface area contributed by atoms with Crippen LogP contribution in [0.1, 0.15) is 15.9 Å². The van der Waals surface area contributed by atoms with Gasteiger partial charge >= 0.3 is 0 Å². The van der Waals surface area contributed by atoms with Crippen molar-refractivity contribution in [2.24, 2.45) is 0 Å². The molecule has 2 heterocycles. The van der Waals surface area contributed by atoms with Gasteiger partial charge in [0.15, 0.2) is 5.78 Å². The molecule has 4 aromatic rings. The van der Waals surface area contributed by atoms with Crippen LogP contribution in [0.25, 0.3) is 27.9 Å². The van der Waals surface area contributed by atoms with Crippen molar-refractivity contribution in [3.05, 3.63) is 78.1 Å². The van der Waals surface area contributed by atoms with Crippen LogP contribution in [0.15, 0.2) is 67.0 Å². The van der Waals surface area contributed by atoms with E-state index in [4.69, 9.17) is 9.68 Å². The largest absolute Gasteiger partial charge is 0.417 e. The number of aromatic nitrogens is 2. The van der Waals surface area contributed by atoms with Crippen molar-refractivity contribution in [3.8, 4) is 0 Å². The highest BCUT2D eigenvalue weighted by molar-refractivity contribution is 6.15. The zero-order chi connectivity index (χ0) is 18.1. The van der Waals surface area contributed by atoms with Crippen molar-refractivity contribution in [1.82, 2.24) is 9.46 Å². The summed E-state index contributed by atoms with van der Waals surface area (Å²) < 4.78 is 3.30. The average Bonchev–Trinajstić information content (AvgIpc) is 3.24. The summed E-state index contributed by atoms with van der Waals surface area (Å²) in [4.78, 5) is 23.5. The SMILES string of the molecule is COn1cc(/C=C/C(=O)c2cn(OC)c3ccccc23)c2ccccc21. The maximum atomic E-state index is 12.8. The van der Waals surface area contributed by atoms with Gasteiger partial charge in [-0.3, -0.25) is 4.79 Å². The minimum atomic E-state index is -0.0775. The van der Waals surface area contributed by atoms with Gasteiger partial charge in [0.1, 0.15) is 14.2 Å². The molecule has 0 N–H and O–H groups in total. The Bertz CT molecular complexity index is 1130. The molecule has 0 aliphatic rings. The predicted molar refractivity (Wildman–Crippen MR) is 102 cm³/mol. The number of nitrogens with zero attached hydrogens (tertiary/aromatic N) is 2. The molecule has 0 unspecified atom stereocenters. The maximum Gasteiger partial charge on any atom is 0.188 e. The molecule has 5 nitrogen and oxygen atoms in total. The van der Waals surface area contributed by atoms with Gasteiger partial charge in [-0.15, -0.1) is 0 Å². The fraction of sp³-hybridized carbons (Fsp3) is 0.0952. The normalized spacial score (nSPS) is 11.5. The number of benzene rings is 2. The molecule has 4 rings (SSSR count). The predicted octanol–water partition coefficient (Wildman–Crippen LogP) is 3.61. The van der Waals surface area contributed by atoms with Gasteiger partial charge < -0.3 is 9.68 Å². The van der Waals surface area contributed by atoms with E-state index in [2.05, 4.69) is 0 Å². The fourth-order valence-corrected chi connectivity index (χ4v) is 3.21. The lowest BCUT2D eigenvalue weighted by molar-refractivity contribution is 0.104. The van der Waals surface area contributed by atoms with Crippen molar-refractivity contribution in [2.75, 3.05) is 14.2 Å². The van der Waals surface area contributed by atoms with E-state index < -0.39 is 0 Å². The monoisotopic (exact) mass is 346 g/mol. The first-order chi connectivity index (χ1) is 12.7. The second-order valence-electron chi connectivity index (χ2n) is 5.88. The third-order valence-corrected chi connectivity index (χ3v) is 4.46. The Balaban J connectivity index is 1.73. The molecule has 130 valence electrons. The fourth-order valence-electron chi connectivity index (χ4n) is 3.21. The van der Waals surface area contributed by atoms with Crippen molar-refractivity contribution in [1.29, 1.82) is 0 Å². The minimum Gasteiger partial charge on any atom is -0.417 e. The van der Waals surface area contributed by atoms with Crippen LogP contribution in [0.3, 0.4) is 0 Å². The highest BCUT2D eigenvalue weighted by Crippen LogP contribution is 2.24. The van der Waals surface area contributed by atoms with Crippen LogP contribution in [0.4, 0.5) is 0 Å². The van der Waals surface area contributed by atoms with E-state index in [1.165, 1.54) is 0 Å². The Morgan fingerprint density at radius 3 is 2.12 bits per heavy atom. The molecular weight excluding hydrogens is 328 g/mol. The van der Waals surface area contributed by atoms with Crippen molar-refractivity contribution < 1.29 is 14.5 Å². The van der Waals surface area contributed by atoms with Crippen LogP contribution < -0.4 is 9.68 Å². The van der Waals surface area contributed by atoms with Crippen LogP contribution >= 0.6 is 0 Å². The van der Waals surface area contributed by atoms with Gasteiger partial charge in [-0.1, -0.05) is 36.4 Å². The molecule has 2 aromatic carbocycles. The number of carbonyl (C=O) groups is 1. The summed E-state index contributed by atoms with van der Waals surface area (Å²) in [7, 11) is 3.20. The number of rotatable bonds is 5. The van der Waals surface area contributed by atoms with Gasteiger partial charge in [-0.2, -0.15) is 9.46 Å². The Morgan fingerprint density at radius 2 is 1.42 bits per heavy atom. The van der Waals surface area contributed by atoms with Gasteiger partial charge in [0.25, 0.3) is 0 Å². The zero-order valence-electron chi connectivity index (χ0n) is 14.5. The van der Waals surface area contributed by atoms with Crippen LogP contribution in [0.5, 0.6) is 0 Å². The molecule has 0 amide bonds. The lowest BCUT2D eigenvalue weighted by Crippen LogP contribution is -2.03. The summed E-state index contributed by atoms with van der Waals surface area (Å²) in [6.07, 6.45) is 6.99. The Hall–Kier alpha value is -3.47. The van der Waals surface area contributed by atoms with Crippen molar-refractivity contribution in [2.45, 2.75) is 0 Å². The summed E-state index contributed by atoms with van der Waals surface area (Å²) in [5.41, 5.74) is 3.35. The molecule has 0 aliphatic carbocycles. The first kappa shape index (κ1) is 16.0. The first-order valence-corrected chi connectivity index (χ1v) is 8.24. The number of hydrogen-bond acceptors (Lipinski definition) is 3. The standard InChI is InChI=1S/C21H18N2O3/c1-25-22-13-15(16-7-3-5-9-19(16)22)11-12-21(24)18-14-23(26-2)20-10-6-4-8-17(18)20/h3-14H,1-2H3/b12-11+. The molecule has 0 saturated heterocycles. The van der Waals surface area contributed by atoms with Crippen LogP contribution in [0.2, 0.25) is 0 Å². The molecule has 0 atom stereocenters. The third-order valence-electron chi connectivity index (χ3n) is 4.46. The molecule has 0 bridgehead atoms. The van der Waals surface area contributed by atoms with E-state index in [-0.39, 0.29) is 5.78 Å². The topological polar surface area (TPSA) is 45.4 Å². The Labute approximate surface area is 150 Å². The first-order valence-electron chi connectivity index (χ1n) is 8.24. The smallest absolute Gasteiger partial charge is 0.188 e. The van der Waals surface area contributed by atoms with Gasteiger partial charge in [0.05, 0.1) is 29.0 Å². The van der Waals surface area contributed by atoms with E-state index in [1.807, 2.05) is 60.8 Å². The van der Waals surface area contributed by atoms with Gasteiger partial charge in [0.2, 0.25) is 0 Å².